The maximum atomic E-state index is 12.8. The Morgan fingerprint density at radius 2 is 1.63 bits per heavy atom. The van der Waals surface area contributed by atoms with Crippen molar-refractivity contribution in [3.05, 3.63) is 66.0 Å². The number of hydrogen-bond donors (Lipinski definition) is 1. The van der Waals surface area contributed by atoms with E-state index in [1.807, 2.05) is 32.2 Å². The minimum Gasteiger partial charge on any atom is -0.489 e. The zero-order chi connectivity index (χ0) is 13.7. The normalized spacial score (nSPS) is 13.8. The standard InChI is InChI=1S/C16H18FNO/c1-12(19-15-10-8-14(17)9-11-15)16(18-2)13-6-4-3-5-7-13/h3-12,16,18H,1-2H3. The number of likely N-dealkylation sites (N-methyl/N-ethyl adjacent to an activating group) is 1. The van der Waals surface area contributed by atoms with Crippen LogP contribution in [0.15, 0.2) is 54.6 Å². The fraction of sp³-hybridized carbons (Fsp3) is 0.250. The van der Waals surface area contributed by atoms with Crippen LogP contribution in [0.2, 0.25) is 0 Å². The van der Waals surface area contributed by atoms with Crippen molar-refractivity contribution >= 4 is 0 Å². The summed E-state index contributed by atoms with van der Waals surface area (Å²) in [6, 6.07) is 16.3. The summed E-state index contributed by atoms with van der Waals surface area (Å²) < 4.78 is 18.7. The third-order valence-corrected chi connectivity index (χ3v) is 3.07. The molecule has 0 spiro atoms. The fourth-order valence-electron chi connectivity index (χ4n) is 2.13. The molecule has 1 N–H and O–H groups in total. The summed E-state index contributed by atoms with van der Waals surface area (Å²) in [7, 11) is 1.90. The van der Waals surface area contributed by atoms with Crippen LogP contribution in [0.5, 0.6) is 5.75 Å². The molecule has 3 heteroatoms. The van der Waals surface area contributed by atoms with Gasteiger partial charge in [-0.05, 0) is 43.8 Å². The molecule has 0 aliphatic carbocycles. The molecule has 2 aromatic carbocycles. The zero-order valence-corrected chi connectivity index (χ0v) is 11.1. The minimum absolute atomic E-state index is 0.0575. The molecule has 0 aliphatic rings. The molecule has 0 aromatic heterocycles. The average Bonchev–Trinajstić information content (AvgIpc) is 2.43. The Morgan fingerprint density at radius 1 is 1.00 bits per heavy atom. The summed E-state index contributed by atoms with van der Waals surface area (Å²) in [6.45, 7) is 2.00. The Labute approximate surface area is 113 Å². The number of halogens is 1. The van der Waals surface area contributed by atoms with Gasteiger partial charge in [-0.3, -0.25) is 0 Å². The molecular formula is C16H18FNO. The molecule has 19 heavy (non-hydrogen) atoms. The molecule has 0 saturated heterocycles. The highest BCUT2D eigenvalue weighted by atomic mass is 19.1. The van der Waals surface area contributed by atoms with Crippen LogP contribution in [0.1, 0.15) is 18.5 Å². The van der Waals surface area contributed by atoms with E-state index in [4.69, 9.17) is 4.74 Å². The van der Waals surface area contributed by atoms with E-state index < -0.39 is 0 Å². The van der Waals surface area contributed by atoms with Crippen molar-refractivity contribution in [2.24, 2.45) is 0 Å². The quantitative estimate of drug-likeness (QED) is 0.886. The summed E-state index contributed by atoms with van der Waals surface area (Å²) in [5, 5.41) is 3.25. The fourth-order valence-corrected chi connectivity index (χ4v) is 2.13. The Balaban J connectivity index is 2.09. The highest BCUT2D eigenvalue weighted by Gasteiger charge is 2.18. The molecule has 100 valence electrons. The van der Waals surface area contributed by atoms with Gasteiger partial charge in [0.05, 0.1) is 6.04 Å². The third-order valence-electron chi connectivity index (χ3n) is 3.07. The molecule has 2 unspecified atom stereocenters. The summed E-state index contributed by atoms with van der Waals surface area (Å²) >= 11 is 0. The van der Waals surface area contributed by atoms with Crippen molar-refractivity contribution in [1.29, 1.82) is 0 Å². The van der Waals surface area contributed by atoms with Gasteiger partial charge in [0.25, 0.3) is 0 Å². The molecule has 2 rings (SSSR count). The van der Waals surface area contributed by atoms with Gasteiger partial charge in [-0.15, -0.1) is 0 Å². The Bertz CT molecular complexity index is 498. The van der Waals surface area contributed by atoms with Crippen molar-refractivity contribution < 1.29 is 9.13 Å². The van der Waals surface area contributed by atoms with E-state index in [1.54, 1.807) is 12.1 Å². The van der Waals surface area contributed by atoms with Crippen molar-refractivity contribution in [2.75, 3.05) is 7.05 Å². The minimum atomic E-state index is -0.256. The second-order valence-corrected chi connectivity index (χ2v) is 4.45. The monoisotopic (exact) mass is 259 g/mol. The van der Waals surface area contributed by atoms with Gasteiger partial charge in [-0.25, -0.2) is 4.39 Å². The van der Waals surface area contributed by atoms with Crippen molar-refractivity contribution in [1.82, 2.24) is 5.32 Å². The molecule has 0 heterocycles. The predicted octanol–water partition coefficient (Wildman–Crippen LogP) is 3.55. The molecular weight excluding hydrogens is 241 g/mol. The van der Waals surface area contributed by atoms with Crippen LogP contribution in [-0.2, 0) is 0 Å². The first-order chi connectivity index (χ1) is 9.20. The first-order valence-electron chi connectivity index (χ1n) is 6.35. The van der Waals surface area contributed by atoms with Gasteiger partial charge < -0.3 is 10.1 Å². The van der Waals surface area contributed by atoms with Crippen molar-refractivity contribution in [3.8, 4) is 5.75 Å². The Morgan fingerprint density at radius 3 is 2.21 bits per heavy atom. The smallest absolute Gasteiger partial charge is 0.123 e. The highest BCUT2D eigenvalue weighted by molar-refractivity contribution is 5.24. The maximum Gasteiger partial charge on any atom is 0.123 e. The molecule has 0 aliphatic heterocycles. The largest absolute Gasteiger partial charge is 0.489 e. The number of ether oxygens (including phenoxy) is 1. The number of hydrogen-bond acceptors (Lipinski definition) is 2. The summed E-state index contributed by atoms with van der Waals surface area (Å²) in [4.78, 5) is 0. The van der Waals surface area contributed by atoms with Crippen molar-refractivity contribution in [3.63, 3.8) is 0 Å². The van der Waals surface area contributed by atoms with Gasteiger partial charge >= 0.3 is 0 Å². The van der Waals surface area contributed by atoms with Crippen LogP contribution in [-0.4, -0.2) is 13.2 Å². The lowest BCUT2D eigenvalue weighted by molar-refractivity contribution is 0.175. The third kappa shape index (κ3) is 3.55. The van der Waals surface area contributed by atoms with Crippen LogP contribution in [0.4, 0.5) is 4.39 Å². The van der Waals surface area contributed by atoms with E-state index in [1.165, 1.54) is 17.7 Å². The lowest BCUT2D eigenvalue weighted by atomic mass is 10.0. The molecule has 0 amide bonds. The van der Waals surface area contributed by atoms with Gasteiger partial charge in [0, 0.05) is 0 Å². The zero-order valence-electron chi connectivity index (χ0n) is 11.1. The van der Waals surface area contributed by atoms with Gasteiger partial charge in [-0.1, -0.05) is 30.3 Å². The Hall–Kier alpha value is -1.87. The number of benzene rings is 2. The summed E-state index contributed by atoms with van der Waals surface area (Å²) in [5.74, 6) is 0.415. The second-order valence-electron chi connectivity index (χ2n) is 4.45. The van der Waals surface area contributed by atoms with Gasteiger partial charge in [0.1, 0.15) is 17.7 Å². The predicted molar refractivity (Wildman–Crippen MR) is 74.7 cm³/mol. The Kier molecular flexibility index (Phi) is 4.53. The van der Waals surface area contributed by atoms with Crippen LogP contribution in [0, 0.1) is 5.82 Å². The molecule has 0 bridgehead atoms. The maximum absolute atomic E-state index is 12.8. The van der Waals surface area contributed by atoms with Crippen LogP contribution in [0.3, 0.4) is 0 Å². The van der Waals surface area contributed by atoms with Gasteiger partial charge in [0.2, 0.25) is 0 Å². The van der Waals surface area contributed by atoms with Crippen LogP contribution in [0.25, 0.3) is 0 Å². The van der Waals surface area contributed by atoms with E-state index in [9.17, 15) is 4.39 Å². The van der Waals surface area contributed by atoms with Gasteiger partial charge in [-0.2, -0.15) is 0 Å². The van der Waals surface area contributed by atoms with Crippen LogP contribution < -0.4 is 10.1 Å². The first-order valence-corrected chi connectivity index (χ1v) is 6.35. The molecule has 0 saturated carbocycles. The highest BCUT2D eigenvalue weighted by Crippen LogP contribution is 2.21. The lowest BCUT2D eigenvalue weighted by Gasteiger charge is -2.25. The topological polar surface area (TPSA) is 21.3 Å². The van der Waals surface area contributed by atoms with E-state index >= 15 is 0 Å². The first kappa shape index (κ1) is 13.6. The van der Waals surface area contributed by atoms with E-state index in [2.05, 4.69) is 17.4 Å². The molecule has 2 nitrogen and oxygen atoms in total. The van der Waals surface area contributed by atoms with Crippen LogP contribution >= 0.6 is 0 Å². The average molecular weight is 259 g/mol. The van der Waals surface area contributed by atoms with E-state index in [0.29, 0.717) is 5.75 Å². The molecule has 0 radical (unpaired) electrons. The molecule has 2 atom stereocenters. The number of nitrogens with one attached hydrogen (secondary N) is 1. The van der Waals surface area contributed by atoms with E-state index in [-0.39, 0.29) is 18.0 Å². The molecule has 0 fully saturated rings. The van der Waals surface area contributed by atoms with E-state index in [0.717, 1.165) is 0 Å². The van der Waals surface area contributed by atoms with Gasteiger partial charge in [0.15, 0.2) is 0 Å². The van der Waals surface area contributed by atoms with Crippen molar-refractivity contribution in [2.45, 2.75) is 19.1 Å². The molecule has 2 aromatic rings. The summed E-state index contributed by atoms with van der Waals surface area (Å²) in [6.07, 6.45) is -0.0575. The number of rotatable bonds is 5. The second kappa shape index (κ2) is 6.34. The SMILES string of the molecule is CNC(c1ccccc1)C(C)Oc1ccc(F)cc1. The summed E-state index contributed by atoms with van der Waals surface area (Å²) in [5.41, 5.74) is 1.17. The lowest BCUT2D eigenvalue weighted by Crippen LogP contribution is -2.31.